The van der Waals surface area contributed by atoms with Crippen molar-refractivity contribution in [1.82, 2.24) is 9.71 Å². The van der Waals surface area contributed by atoms with E-state index >= 15 is 0 Å². The van der Waals surface area contributed by atoms with E-state index in [-0.39, 0.29) is 17.2 Å². The molecule has 0 atom stereocenters. The molecule has 0 bridgehead atoms. The van der Waals surface area contributed by atoms with Gasteiger partial charge in [0.05, 0.1) is 17.7 Å². The number of benzene rings is 2. The maximum Gasteiger partial charge on any atom is 0.240 e. The van der Waals surface area contributed by atoms with Crippen LogP contribution >= 0.6 is 11.3 Å². The van der Waals surface area contributed by atoms with Gasteiger partial charge in [0.2, 0.25) is 10.0 Å². The molecular formula is C20H21FN2O3S2. The van der Waals surface area contributed by atoms with Crippen LogP contribution in [0.25, 0.3) is 10.6 Å². The highest BCUT2D eigenvalue weighted by molar-refractivity contribution is 7.89. The Kier molecular flexibility index (Phi) is 6.12. The highest BCUT2D eigenvalue weighted by Gasteiger charge is 2.17. The van der Waals surface area contributed by atoms with Gasteiger partial charge in [0.15, 0.2) is 11.6 Å². The molecule has 148 valence electrons. The van der Waals surface area contributed by atoms with Crippen molar-refractivity contribution in [3.05, 3.63) is 64.4 Å². The maximum atomic E-state index is 13.8. The highest BCUT2D eigenvalue weighted by atomic mass is 32.2. The van der Waals surface area contributed by atoms with Gasteiger partial charge < -0.3 is 4.74 Å². The molecule has 0 fully saturated rings. The topological polar surface area (TPSA) is 68.3 Å². The molecule has 8 heteroatoms. The average molecular weight is 421 g/mol. The molecule has 0 amide bonds. The van der Waals surface area contributed by atoms with Crippen molar-refractivity contribution in [2.24, 2.45) is 0 Å². The molecule has 1 heterocycles. The average Bonchev–Trinajstić information content (AvgIpc) is 3.03. The Bertz CT molecular complexity index is 1080. The predicted octanol–water partition coefficient (Wildman–Crippen LogP) is 4.10. The van der Waals surface area contributed by atoms with Crippen LogP contribution in [-0.4, -0.2) is 27.1 Å². The number of hydrogen-bond acceptors (Lipinski definition) is 5. The minimum Gasteiger partial charge on any atom is -0.494 e. The Hall–Kier alpha value is -2.29. The van der Waals surface area contributed by atoms with Crippen molar-refractivity contribution < 1.29 is 17.5 Å². The summed E-state index contributed by atoms with van der Waals surface area (Å²) in [6, 6.07) is 11.7. The predicted molar refractivity (Wildman–Crippen MR) is 109 cm³/mol. The molecule has 0 spiro atoms. The highest BCUT2D eigenvalue weighted by Crippen LogP contribution is 2.28. The SMILES string of the molecule is COc1ccc(S(=O)(=O)NCCc2sc(-c3ccc(C)cc3)nc2C)cc1F. The van der Waals surface area contributed by atoms with Gasteiger partial charge in [-0.25, -0.2) is 22.5 Å². The minimum absolute atomic E-state index is 0.00266. The number of nitrogens with one attached hydrogen (secondary N) is 1. The first-order valence-electron chi connectivity index (χ1n) is 8.66. The summed E-state index contributed by atoms with van der Waals surface area (Å²) in [5.74, 6) is -0.714. The number of ether oxygens (including phenoxy) is 1. The van der Waals surface area contributed by atoms with Gasteiger partial charge in [-0.1, -0.05) is 29.8 Å². The van der Waals surface area contributed by atoms with Crippen LogP contribution in [0.1, 0.15) is 16.1 Å². The molecule has 5 nitrogen and oxygen atoms in total. The third-order valence-corrected chi connectivity index (χ3v) is 6.99. The Balaban J connectivity index is 1.67. The molecule has 0 saturated carbocycles. The fraction of sp³-hybridized carbons (Fsp3) is 0.250. The van der Waals surface area contributed by atoms with Gasteiger partial charge in [-0.15, -0.1) is 11.3 Å². The van der Waals surface area contributed by atoms with E-state index in [0.29, 0.717) is 6.42 Å². The van der Waals surface area contributed by atoms with Gasteiger partial charge in [0.1, 0.15) is 5.01 Å². The summed E-state index contributed by atoms with van der Waals surface area (Å²) in [6.45, 7) is 4.15. The zero-order valence-electron chi connectivity index (χ0n) is 15.8. The second-order valence-corrected chi connectivity index (χ2v) is 9.19. The summed E-state index contributed by atoms with van der Waals surface area (Å²) in [5.41, 5.74) is 3.11. The van der Waals surface area contributed by atoms with Crippen molar-refractivity contribution in [3.63, 3.8) is 0 Å². The minimum atomic E-state index is -3.80. The lowest BCUT2D eigenvalue weighted by atomic mass is 10.2. The van der Waals surface area contributed by atoms with E-state index in [1.807, 2.05) is 38.1 Å². The van der Waals surface area contributed by atoms with E-state index in [0.717, 1.165) is 27.2 Å². The molecule has 1 aromatic heterocycles. The van der Waals surface area contributed by atoms with Gasteiger partial charge in [-0.2, -0.15) is 0 Å². The van der Waals surface area contributed by atoms with E-state index in [2.05, 4.69) is 9.71 Å². The van der Waals surface area contributed by atoms with Crippen molar-refractivity contribution >= 4 is 21.4 Å². The first-order chi connectivity index (χ1) is 13.3. The number of hydrogen-bond donors (Lipinski definition) is 1. The Labute approximate surface area is 168 Å². The number of sulfonamides is 1. The van der Waals surface area contributed by atoms with Crippen molar-refractivity contribution in [3.8, 4) is 16.3 Å². The molecule has 2 aromatic carbocycles. The number of thiazole rings is 1. The van der Waals surface area contributed by atoms with Crippen LogP contribution in [0.5, 0.6) is 5.75 Å². The van der Waals surface area contributed by atoms with Gasteiger partial charge in [0.25, 0.3) is 0 Å². The number of aryl methyl sites for hydroxylation is 2. The monoisotopic (exact) mass is 420 g/mol. The largest absolute Gasteiger partial charge is 0.494 e. The van der Waals surface area contributed by atoms with Crippen molar-refractivity contribution in [2.75, 3.05) is 13.7 Å². The van der Waals surface area contributed by atoms with Gasteiger partial charge in [-0.05, 0) is 38.5 Å². The Morgan fingerprint density at radius 2 is 1.86 bits per heavy atom. The maximum absolute atomic E-state index is 13.8. The molecular weight excluding hydrogens is 399 g/mol. The first kappa shape index (κ1) is 20.4. The van der Waals surface area contributed by atoms with Crippen LogP contribution in [0, 0.1) is 19.7 Å². The molecule has 0 aliphatic rings. The summed E-state index contributed by atoms with van der Waals surface area (Å²) in [4.78, 5) is 5.47. The van der Waals surface area contributed by atoms with Crippen LogP contribution in [0.15, 0.2) is 47.4 Å². The van der Waals surface area contributed by atoms with Crippen molar-refractivity contribution in [1.29, 1.82) is 0 Å². The molecule has 3 rings (SSSR count). The van der Waals surface area contributed by atoms with Gasteiger partial charge in [0, 0.05) is 17.0 Å². The number of rotatable bonds is 7. The zero-order chi connectivity index (χ0) is 20.3. The normalized spacial score (nSPS) is 11.6. The summed E-state index contributed by atoms with van der Waals surface area (Å²) < 4.78 is 45.9. The van der Waals surface area contributed by atoms with Crippen LogP contribution in [0.2, 0.25) is 0 Å². The summed E-state index contributed by atoms with van der Waals surface area (Å²) in [7, 11) is -2.48. The van der Waals surface area contributed by atoms with E-state index < -0.39 is 15.8 Å². The van der Waals surface area contributed by atoms with E-state index in [4.69, 9.17) is 4.74 Å². The Morgan fingerprint density at radius 3 is 2.50 bits per heavy atom. The smallest absolute Gasteiger partial charge is 0.240 e. The summed E-state index contributed by atoms with van der Waals surface area (Å²) >= 11 is 1.55. The van der Waals surface area contributed by atoms with E-state index in [1.165, 1.54) is 24.8 Å². The van der Waals surface area contributed by atoms with Gasteiger partial charge in [-0.3, -0.25) is 0 Å². The fourth-order valence-corrected chi connectivity index (χ4v) is 4.79. The molecule has 0 unspecified atom stereocenters. The molecule has 0 aliphatic carbocycles. The molecule has 0 aliphatic heterocycles. The Morgan fingerprint density at radius 1 is 1.14 bits per heavy atom. The van der Waals surface area contributed by atoms with Crippen LogP contribution < -0.4 is 9.46 Å². The summed E-state index contributed by atoms with van der Waals surface area (Å²) in [5, 5.41) is 0.910. The fourth-order valence-electron chi connectivity index (χ4n) is 2.68. The zero-order valence-corrected chi connectivity index (χ0v) is 17.5. The quantitative estimate of drug-likeness (QED) is 0.625. The lowest BCUT2D eigenvalue weighted by Crippen LogP contribution is -2.26. The molecule has 0 saturated heterocycles. The third kappa shape index (κ3) is 4.57. The van der Waals surface area contributed by atoms with Crippen LogP contribution in [0.3, 0.4) is 0 Å². The second-order valence-electron chi connectivity index (χ2n) is 6.34. The molecule has 28 heavy (non-hydrogen) atoms. The lowest BCUT2D eigenvalue weighted by molar-refractivity contribution is 0.385. The number of methoxy groups -OCH3 is 1. The van der Waals surface area contributed by atoms with Crippen LogP contribution in [-0.2, 0) is 16.4 Å². The second kappa shape index (κ2) is 8.38. The van der Waals surface area contributed by atoms with Gasteiger partial charge >= 0.3 is 0 Å². The number of nitrogens with zero attached hydrogens (tertiary/aromatic N) is 1. The van der Waals surface area contributed by atoms with Crippen molar-refractivity contribution in [2.45, 2.75) is 25.2 Å². The molecule has 1 N–H and O–H groups in total. The first-order valence-corrected chi connectivity index (χ1v) is 11.0. The van der Waals surface area contributed by atoms with Crippen LogP contribution in [0.4, 0.5) is 4.39 Å². The lowest BCUT2D eigenvalue weighted by Gasteiger charge is -2.08. The third-order valence-electron chi connectivity index (χ3n) is 4.27. The molecule has 3 aromatic rings. The van der Waals surface area contributed by atoms with E-state index in [9.17, 15) is 12.8 Å². The summed E-state index contributed by atoms with van der Waals surface area (Å²) in [6.07, 6.45) is 0.507. The molecule has 0 radical (unpaired) electrons. The number of aromatic nitrogens is 1. The number of halogens is 1. The standard InChI is InChI=1S/C20H21FN2O3S2/c1-13-4-6-15(7-5-13)20-23-14(2)19(27-20)10-11-22-28(24,25)16-8-9-18(26-3)17(21)12-16/h4-9,12,22H,10-11H2,1-3H3. The van der Waals surface area contributed by atoms with E-state index in [1.54, 1.807) is 11.3 Å².